The lowest BCUT2D eigenvalue weighted by Crippen LogP contribution is -2.04. The van der Waals surface area contributed by atoms with Gasteiger partial charge >= 0.3 is 0 Å². The van der Waals surface area contributed by atoms with E-state index in [2.05, 4.69) is 44.3 Å². The zero-order valence-electron chi connectivity index (χ0n) is 25.2. The molecule has 6 aromatic carbocycles. The van der Waals surface area contributed by atoms with Crippen molar-refractivity contribution >= 4 is 49.3 Å². The van der Waals surface area contributed by atoms with Gasteiger partial charge in [0.05, 0.1) is 68.8 Å². The van der Waals surface area contributed by atoms with Gasteiger partial charge in [-0.05, 0) is 90.2 Å². The number of aromatic nitrogens is 2. The molecule has 0 fully saturated rings. The van der Waals surface area contributed by atoms with E-state index in [1.54, 1.807) is 6.07 Å². The van der Waals surface area contributed by atoms with E-state index in [0.29, 0.717) is 28.1 Å². The van der Waals surface area contributed by atoms with Gasteiger partial charge in [0.25, 0.3) is 0 Å². The first-order chi connectivity index (χ1) is 23.0. The summed E-state index contributed by atoms with van der Waals surface area (Å²) >= 11 is 0. The van der Waals surface area contributed by atoms with E-state index in [1.807, 2.05) is 104 Å². The van der Waals surface area contributed by atoms with E-state index in [0.717, 1.165) is 66.0 Å². The minimum Gasteiger partial charge on any atom is -0.309 e. The van der Waals surface area contributed by atoms with Crippen LogP contribution >= 0.6 is 0 Å². The Bertz CT molecular complexity index is 2800. The Morgan fingerprint density at radius 3 is 1.83 bits per heavy atom. The first kappa shape index (κ1) is 27.4. The summed E-state index contributed by atoms with van der Waals surface area (Å²) in [6.45, 7) is 9.60. The van der Waals surface area contributed by atoms with Crippen LogP contribution in [-0.4, -0.2) is 9.13 Å². The molecule has 47 heavy (non-hydrogen) atoms. The fourth-order valence-corrected chi connectivity index (χ4v) is 6.86. The molecule has 2 heterocycles. The molecule has 0 atom stereocenters. The SMILES string of the molecule is [C-]#[N+]c1ccc2c(c1)c1ccccc1n2-c1cc(C#N)c(-n2c3ccccc3c3cc(C#N)ccc32)cc1-c1cc(C)cc(C#N)c1. The maximum absolute atomic E-state index is 10.8. The Kier molecular flexibility index (Phi) is 6.13. The number of aryl methyl sites for hydroxylation is 1. The monoisotopic (exact) mass is 598 g/mol. The lowest BCUT2D eigenvalue weighted by atomic mass is 9.96. The molecule has 0 saturated carbocycles. The summed E-state index contributed by atoms with van der Waals surface area (Å²) < 4.78 is 4.24. The van der Waals surface area contributed by atoms with E-state index in [9.17, 15) is 15.8 Å². The summed E-state index contributed by atoms with van der Waals surface area (Å²) in [4.78, 5) is 3.68. The van der Waals surface area contributed by atoms with Gasteiger partial charge in [-0.25, -0.2) is 4.85 Å². The van der Waals surface area contributed by atoms with E-state index in [-0.39, 0.29) is 0 Å². The van der Waals surface area contributed by atoms with E-state index < -0.39 is 0 Å². The number of nitriles is 3. The van der Waals surface area contributed by atoms with Crippen LogP contribution in [0, 0.1) is 47.5 Å². The highest BCUT2D eigenvalue weighted by molar-refractivity contribution is 6.12. The van der Waals surface area contributed by atoms with Crippen molar-refractivity contribution in [3.63, 3.8) is 0 Å². The second-order valence-corrected chi connectivity index (χ2v) is 11.6. The normalized spacial score (nSPS) is 11.0. The van der Waals surface area contributed by atoms with Crippen molar-refractivity contribution in [2.45, 2.75) is 6.92 Å². The van der Waals surface area contributed by atoms with E-state index in [4.69, 9.17) is 6.57 Å². The molecule has 0 amide bonds. The van der Waals surface area contributed by atoms with Gasteiger partial charge in [0.15, 0.2) is 5.69 Å². The standard InChI is InChI=1S/C41H22N6/c1-25-15-27(23-43)17-28(16-25)33-21-40(46-36-9-5-3-7-31(36)34-18-26(22-42)11-13-38(34)46)29(24-44)19-41(33)47-37-10-6-4-8-32(37)35-20-30(45-2)12-14-39(35)47/h3-21H,1H3. The average Bonchev–Trinajstić information content (AvgIpc) is 3.62. The van der Waals surface area contributed by atoms with Crippen molar-refractivity contribution < 1.29 is 0 Å². The molecule has 2 aromatic heterocycles. The quantitative estimate of drug-likeness (QED) is 0.190. The molecule has 216 valence electrons. The minimum atomic E-state index is 0.465. The first-order valence-corrected chi connectivity index (χ1v) is 15.0. The largest absolute Gasteiger partial charge is 0.309 e. The Hall–Kier alpha value is -7.12. The van der Waals surface area contributed by atoms with Crippen LogP contribution < -0.4 is 0 Å². The second-order valence-electron chi connectivity index (χ2n) is 11.6. The molecule has 8 aromatic rings. The molecule has 0 unspecified atom stereocenters. The van der Waals surface area contributed by atoms with E-state index >= 15 is 0 Å². The molecular formula is C41H22N6. The van der Waals surface area contributed by atoms with Gasteiger partial charge in [-0.15, -0.1) is 0 Å². The number of benzene rings is 6. The van der Waals surface area contributed by atoms with Gasteiger partial charge in [0.2, 0.25) is 0 Å². The van der Waals surface area contributed by atoms with Gasteiger partial charge in [-0.2, -0.15) is 15.8 Å². The molecule has 6 heteroatoms. The van der Waals surface area contributed by atoms with Crippen molar-refractivity contribution in [2.75, 3.05) is 0 Å². The van der Waals surface area contributed by atoms with Crippen LogP contribution in [0.5, 0.6) is 0 Å². The highest BCUT2D eigenvalue weighted by atomic mass is 15.0. The van der Waals surface area contributed by atoms with Crippen LogP contribution in [0.1, 0.15) is 22.3 Å². The third-order valence-electron chi connectivity index (χ3n) is 8.82. The summed E-state index contributed by atoms with van der Waals surface area (Å²) in [6, 6.07) is 44.2. The van der Waals surface area contributed by atoms with Crippen LogP contribution in [0.2, 0.25) is 0 Å². The molecule has 0 N–H and O–H groups in total. The lowest BCUT2D eigenvalue weighted by Gasteiger charge is -2.19. The topological polar surface area (TPSA) is 85.6 Å². The third kappa shape index (κ3) is 4.15. The number of fused-ring (bicyclic) bond motifs is 6. The van der Waals surface area contributed by atoms with Crippen LogP contribution in [-0.2, 0) is 0 Å². The summed E-state index contributed by atoms with van der Waals surface area (Å²) in [5, 5.41) is 34.2. The predicted octanol–water partition coefficient (Wildman–Crippen LogP) is 10.0. The second kappa shape index (κ2) is 10.5. The molecule has 8 rings (SSSR count). The molecule has 0 aliphatic heterocycles. The fourth-order valence-electron chi connectivity index (χ4n) is 6.86. The van der Waals surface area contributed by atoms with E-state index in [1.165, 1.54) is 0 Å². The van der Waals surface area contributed by atoms with Crippen molar-refractivity contribution in [3.05, 3.63) is 149 Å². The fraction of sp³-hybridized carbons (Fsp3) is 0.0244. The average molecular weight is 599 g/mol. The molecule has 0 radical (unpaired) electrons. The summed E-state index contributed by atoms with van der Waals surface area (Å²) in [7, 11) is 0. The van der Waals surface area contributed by atoms with Gasteiger partial charge in [0, 0.05) is 21.7 Å². The first-order valence-electron chi connectivity index (χ1n) is 15.0. The Balaban J connectivity index is 1.54. The Labute approximate surface area is 270 Å². The minimum absolute atomic E-state index is 0.465. The molecule has 0 saturated heterocycles. The smallest absolute Gasteiger partial charge is 0.188 e. The van der Waals surface area contributed by atoms with Crippen molar-refractivity contribution in [1.82, 2.24) is 9.13 Å². The number of hydrogen-bond donors (Lipinski definition) is 0. The highest BCUT2D eigenvalue weighted by Crippen LogP contribution is 2.41. The summed E-state index contributed by atoms with van der Waals surface area (Å²) in [5.74, 6) is 0. The van der Waals surface area contributed by atoms with Gasteiger partial charge in [0.1, 0.15) is 6.07 Å². The maximum Gasteiger partial charge on any atom is 0.188 e. The van der Waals surface area contributed by atoms with Crippen LogP contribution in [0.3, 0.4) is 0 Å². The van der Waals surface area contributed by atoms with Crippen LogP contribution in [0.25, 0.3) is 71.0 Å². The van der Waals surface area contributed by atoms with Gasteiger partial charge in [-0.3, -0.25) is 0 Å². The molecule has 0 spiro atoms. The zero-order valence-corrected chi connectivity index (χ0v) is 25.2. The van der Waals surface area contributed by atoms with Gasteiger partial charge in [-0.1, -0.05) is 48.5 Å². The Morgan fingerprint density at radius 2 is 1.17 bits per heavy atom. The molecular weight excluding hydrogens is 576 g/mol. The zero-order chi connectivity index (χ0) is 32.2. The third-order valence-corrected chi connectivity index (χ3v) is 8.82. The number of rotatable bonds is 3. The Morgan fingerprint density at radius 1 is 0.553 bits per heavy atom. The molecule has 0 aliphatic rings. The molecule has 0 bridgehead atoms. The van der Waals surface area contributed by atoms with Crippen molar-refractivity contribution in [3.8, 4) is 40.7 Å². The maximum atomic E-state index is 10.8. The predicted molar refractivity (Wildman–Crippen MR) is 186 cm³/mol. The number of nitrogens with zero attached hydrogens (tertiary/aromatic N) is 6. The lowest BCUT2D eigenvalue weighted by molar-refractivity contribution is 1.13. The highest BCUT2D eigenvalue weighted by Gasteiger charge is 2.22. The summed E-state index contributed by atoms with van der Waals surface area (Å²) in [6.07, 6.45) is 0. The number of hydrogen-bond acceptors (Lipinski definition) is 3. The van der Waals surface area contributed by atoms with Crippen LogP contribution in [0.15, 0.2) is 115 Å². The molecule has 6 nitrogen and oxygen atoms in total. The number of para-hydroxylation sites is 2. The van der Waals surface area contributed by atoms with Crippen molar-refractivity contribution in [2.24, 2.45) is 0 Å². The molecule has 0 aliphatic carbocycles. The summed E-state index contributed by atoms with van der Waals surface area (Å²) in [5.41, 5.74) is 9.88. The van der Waals surface area contributed by atoms with Crippen LogP contribution in [0.4, 0.5) is 5.69 Å². The van der Waals surface area contributed by atoms with Gasteiger partial charge < -0.3 is 9.13 Å². The van der Waals surface area contributed by atoms with Crippen molar-refractivity contribution in [1.29, 1.82) is 15.8 Å².